The van der Waals surface area contributed by atoms with Crippen LogP contribution in [0.25, 0.3) is 11.3 Å². The van der Waals surface area contributed by atoms with Crippen molar-refractivity contribution in [2.45, 2.75) is 0 Å². The second-order valence-electron chi connectivity index (χ2n) is 6.13. The van der Waals surface area contributed by atoms with Crippen LogP contribution in [-0.2, 0) is 0 Å². The molecule has 4 nitrogen and oxygen atoms in total. The second-order valence-corrected chi connectivity index (χ2v) is 7.05. The van der Waals surface area contributed by atoms with Gasteiger partial charge in [-0.05, 0) is 12.1 Å². The van der Waals surface area contributed by atoms with Crippen molar-refractivity contribution >= 4 is 27.9 Å². The van der Waals surface area contributed by atoms with E-state index in [0.717, 1.165) is 38.1 Å². The molecule has 1 heterocycles. The van der Waals surface area contributed by atoms with Crippen LogP contribution in [0.3, 0.4) is 0 Å². The molecule has 0 amide bonds. The predicted octanol–water partition coefficient (Wildman–Crippen LogP) is 5.71. The van der Waals surface area contributed by atoms with Gasteiger partial charge < -0.3 is 0 Å². The highest BCUT2D eigenvalue weighted by Gasteiger charge is 2.07. The summed E-state index contributed by atoms with van der Waals surface area (Å²) in [6.45, 7) is 0. The fourth-order valence-corrected chi connectivity index (χ4v) is 3.13. The van der Waals surface area contributed by atoms with Crippen molar-refractivity contribution in [3.63, 3.8) is 0 Å². The van der Waals surface area contributed by atoms with Gasteiger partial charge in [0.2, 0.25) is 0 Å². The van der Waals surface area contributed by atoms with Crippen molar-refractivity contribution in [1.82, 2.24) is 10.2 Å². The largest absolute Gasteiger partial charge is 0.277 e. The highest BCUT2D eigenvalue weighted by Crippen LogP contribution is 2.22. The van der Waals surface area contributed by atoms with E-state index in [1.54, 1.807) is 12.4 Å². The van der Waals surface area contributed by atoms with E-state index in [0.29, 0.717) is 0 Å². The average Bonchev–Trinajstić information content (AvgIpc) is 3.21. The minimum absolute atomic E-state index is 0.825. The number of hydrogen-bond acceptors (Lipinski definition) is 3. The van der Waals surface area contributed by atoms with Crippen LogP contribution in [0.5, 0.6) is 0 Å². The standard InChI is InChI=1S/C23H17BrN4/c24-21-13-11-19(12-14-21)23-20(16-26-28-23)15-25-27-22(17-7-3-1-4-8-17)18-9-5-2-6-10-18/h1-16H,(H,26,28). The first-order valence-electron chi connectivity index (χ1n) is 8.82. The summed E-state index contributed by atoms with van der Waals surface area (Å²) < 4.78 is 1.03. The number of hydrogen-bond donors (Lipinski definition) is 1. The Balaban J connectivity index is 1.67. The monoisotopic (exact) mass is 428 g/mol. The lowest BCUT2D eigenvalue weighted by molar-refractivity contribution is 1.10. The summed E-state index contributed by atoms with van der Waals surface area (Å²) in [4.78, 5) is 0. The smallest absolute Gasteiger partial charge is 0.100 e. The number of aromatic amines is 1. The van der Waals surface area contributed by atoms with E-state index in [1.807, 2.05) is 84.9 Å². The summed E-state index contributed by atoms with van der Waals surface area (Å²) in [5.74, 6) is 0. The van der Waals surface area contributed by atoms with Gasteiger partial charge in [-0.25, -0.2) is 0 Å². The molecule has 0 atom stereocenters. The summed E-state index contributed by atoms with van der Waals surface area (Å²) in [5, 5.41) is 16.1. The normalized spacial score (nSPS) is 10.9. The number of nitrogens with zero attached hydrogens (tertiary/aromatic N) is 3. The van der Waals surface area contributed by atoms with Gasteiger partial charge in [-0.15, -0.1) is 5.10 Å². The molecule has 0 saturated heterocycles. The first-order valence-corrected chi connectivity index (χ1v) is 9.62. The lowest BCUT2D eigenvalue weighted by atomic mass is 10.0. The average molecular weight is 429 g/mol. The Morgan fingerprint density at radius 1 is 0.821 bits per heavy atom. The Morgan fingerprint density at radius 3 is 2.04 bits per heavy atom. The lowest BCUT2D eigenvalue weighted by Crippen LogP contribution is -2.02. The van der Waals surface area contributed by atoms with Crippen LogP contribution in [0.2, 0.25) is 0 Å². The molecular formula is C23H17BrN4. The molecule has 0 aliphatic rings. The van der Waals surface area contributed by atoms with Gasteiger partial charge in [0.05, 0.1) is 18.1 Å². The molecule has 0 unspecified atom stereocenters. The molecule has 1 N–H and O–H groups in total. The van der Waals surface area contributed by atoms with E-state index in [2.05, 4.69) is 36.3 Å². The Hall–Kier alpha value is -3.31. The number of benzene rings is 3. The van der Waals surface area contributed by atoms with Crippen LogP contribution >= 0.6 is 15.9 Å². The Kier molecular flexibility index (Phi) is 5.54. The summed E-state index contributed by atoms with van der Waals surface area (Å²) in [6.07, 6.45) is 3.48. The van der Waals surface area contributed by atoms with E-state index in [-0.39, 0.29) is 0 Å². The molecule has 0 fully saturated rings. The first-order chi connectivity index (χ1) is 13.8. The molecule has 5 heteroatoms. The van der Waals surface area contributed by atoms with Crippen molar-refractivity contribution in [3.05, 3.63) is 112 Å². The summed E-state index contributed by atoms with van der Waals surface area (Å²) >= 11 is 3.46. The van der Waals surface area contributed by atoms with Gasteiger partial charge in [0, 0.05) is 26.7 Å². The second kappa shape index (κ2) is 8.59. The van der Waals surface area contributed by atoms with E-state index in [1.165, 1.54) is 0 Å². The summed E-state index contributed by atoms with van der Waals surface area (Å²) in [6, 6.07) is 28.2. The zero-order valence-corrected chi connectivity index (χ0v) is 16.5. The minimum Gasteiger partial charge on any atom is -0.277 e. The summed E-state index contributed by atoms with van der Waals surface area (Å²) in [7, 11) is 0. The molecule has 0 bridgehead atoms. The molecule has 4 aromatic rings. The molecule has 28 heavy (non-hydrogen) atoms. The first kappa shape index (κ1) is 18.1. The van der Waals surface area contributed by atoms with Crippen molar-refractivity contribution in [3.8, 4) is 11.3 Å². The third kappa shape index (κ3) is 4.15. The molecule has 4 rings (SSSR count). The topological polar surface area (TPSA) is 53.4 Å². The van der Waals surface area contributed by atoms with Crippen LogP contribution in [0, 0.1) is 0 Å². The molecule has 0 aliphatic carbocycles. The van der Waals surface area contributed by atoms with Crippen LogP contribution in [0.4, 0.5) is 0 Å². The van der Waals surface area contributed by atoms with Gasteiger partial charge in [0.15, 0.2) is 0 Å². The molecule has 0 spiro atoms. The van der Waals surface area contributed by atoms with Crippen LogP contribution < -0.4 is 0 Å². The Labute approximate surface area is 171 Å². The third-order valence-electron chi connectivity index (χ3n) is 4.25. The molecule has 3 aromatic carbocycles. The SMILES string of the molecule is Brc1ccc(-c2[nH]ncc2C=NN=C(c2ccccc2)c2ccccc2)cc1. The molecular weight excluding hydrogens is 412 g/mol. The van der Waals surface area contributed by atoms with Gasteiger partial charge in [0.1, 0.15) is 5.71 Å². The highest BCUT2D eigenvalue weighted by atomic mass is 79.9. The Morgan fingerprint density at radius 2 is 1.43 bits per heavy atom. The van der Waals surface area contributed by atoms with E-state index < -0.39 is 0 Å². The van der Waals surface area contributed by atoms with Crippen molar-refractivity contribution in [2.75, 3.05) is 0 Å². The van der Waals surface area contributed by atoms with Gasteiger partial charge in [0.25, 0.3) is 0 Å². The maximum Gasteiger partial charge on any atom is 0.100 e. The molecule has 0 aliphatic heterocycles. The maximum atomic E-state index is 4.52. The number of H-pyrrole nitrogens is 1. The molecule has 0 radical (unpaired) electrons. The highest BCUT2D eigenvalue weighted by molar-refractivity contribution is 9.10. The van der Waals surface area contributed by atoms with E-state index >= 15 is 0 Å². The Bertz CT molecular complexity index is 1060. The van der Waals surface area contributed by atoms with Crippen molar-refractivity contribution in [2.24, 2.45) is 10.2 Å². The lowest BCUT2D eigenvalue weighted by Gasteiger charge is -2.05. The number of halogens is 1. The van der Waals surface area contributed by atoms with E-state index in [9.17, 15) is 0 Å². The third-order valence-corrected chi connectivity index (χ3v) is 4.78. The van der Waals surface area contributed by atoms with Crippen LogP contribution in [0.15, 0.2) is 106 Å². The van der Waals surface area contributed by atoms with Gasteiger partial charge >= 0.3 is 0 Å². The van der Waals surface area contributed by atoms with Crippen LogP contribution in [-0.4, -0.2) is 22.1 Å². The molecule has 136 valence electrons. The van der Waals surface area contributed by atoms with Gasteiger partial charge in [-0.2, -0.15) is 10.2 Å². The van der Waals surface area contributed by atoms with E-state index in [4.69, 9.17) is 0 Å². The quantitative estimate of drug-likeness (QED) is 0.321. The number of nitrogens with one attached hydrogen (secondary N) is 1. The zero-order chi connectivity index (χ0) is 19.2. The van der Waals surface area contributed by atoms with Gasteiger partial charge in [-0.1, -0.05) is 88.7 Å². The van der Waals surface area contributed by atoms with Crippen LogP contribution in [0.1, 0.15) is 16.7 Å². The predicted molar refractivity (Wildman–Crippen MR) is 118 cm³/mol. The van der Waals surface area contributed by atoms with Gasteiger partial charge in [-0.3, -0.25) is 5.10 Å². The van der Waals surface area contributed by atoms with Crippen molar-refractivity contribution in [1.29, 1.82) is 0 Å². The summed E-state index contributed by atoms with van der Waals surface area (Å²) in [5.41, 5.74) is 5.69. The zero-order valence-electron chi connectivity index (χ0n) is 15.0. The molecule has 0 saturated carbocycles. The van der Waals surface area contributed by atoms with Crippen molar-refractivity contribution < 1.29 is 0 Å². The molecule has 1 aromatic heterocycles. The number of aromatic nitrogens is 2. The fraction of sp³-hybridized carbons (Fsp3) is 0. The minimum atomic E-state index is 0.825. The number of rotatable bonds is 5. The fourth-order valence-electron chi connectivity index (χ4n) is 2.86. The maximum absolute atomic E-state index is 4.52.